The maximum Gasteiger partial charge on any atom is 0.269 e. The van der Waals surface area contributed by atoms with Crippen LogP contribution in [-0.4, -0.2) is 37.2 Å². The van der Waals surface area contributed by atoms with E-state index in [-0.39, 0.29) is 11.4 Å². The number of benzene rings is 3. The van der Waals surface area contributed by atoms with E-state index in [2.05, 4.69) is 15.5 Å². The summed E-state index contributed by atoms with van der Waals surface area (Å²) in [4.78, 5) is 13.2. The smallest absolute Gasteiger partial charge is 0.269 e. The molecule has 0 fully saturated rings. The Hall–Kier alpha value is -3.76. The lowest BCUT2D eigenvalue weighted by Gasteiger charge is -2.34. The topological polar surface area (TPSA) is 101 Å². The summed E-state index contributed by atoms with van der Waals surface area (Å²) >= 11 is 1.23. The van der Waals surface area contributed by atoms with Gasteiger partial charge in [0, 0.05) is 5.56 Å². The van der Waals surface area contributed by atoms with Gasteiger partial charge in [0.25, 0.3) is 15.9 Å². The number of para-hydroxylation sites is 2. The fourth-order valence-electron chi connectivity index (χ4n) is 3.56. The van der Waals surface area contributed by atoms with Crippen molar-refractivity contribution in [1.82, 2.24) is 10.2 Å². The van der Waals surface area contributed by atoms with E-state index in [1.54, 1.807) is 42.5 Å². The van der Waals surface area contributed by atoms with Gasteiger partial charge in [-0.05, 0) is 31.2 Å². The van der Waals surface area contributed by atoms with Crippen LogP contribution in [0.2, 0.25) is 0 Å². The summed E-state index contributed by atoms with van der Waals surface area (Å²) in [5.41, 5.74) is 2.41. The Balaban J connectivity index is 1.39. The average Bonchev–Trinajstić information content (AvgIpc) is 3.32. The van der Waals surface area contributed by atoms with Crippen molar-refractivity contribution in [2.75, 3.05) is 16.2 Å². The number of nitrogens with one attached hydrogen (secondary N) is 1. The summed E-state index contributed by atoms with van der Waals surface area (Å²) in [6, 6.07) is 22.7. The zero-order chi connectivity index (χ0) is 23.7. The molecule has 0 saturated carbocycles. The van der Waals surface area contributed by atoms with E-state index < -0.39 is 22.0 Å². The molecule has 1 atom stereocenters. The molecule has 1 aliphatic rings. The highest BCUT2D eigenvalue weighted by atomic mass is 32.2. The van der Waals surface area contributed by atoms with Gasteiger partial charge in [-0.15, -0.1) is 10.2 Å². The Kier molecular flexibility index (Phi) is 5.76. The zero-order valence-corrected chi connectivity index (χ0v) is 19.7. The van der Waals surface area contributed by atoms with Gasteiger partial charge < -0.3 is 4.74 Å². The quantitative estimate of drug-likeness (QED) is 0.450. The van der Waals surface area contributed by atoms with Crippen molar-refractivity contribution < 1.29 is 17.9 Å². The van der Waals surface area contributed by atoms with Crippen molar-refractivity contribution in [3.05, 3.63) is 84.4 Å². The molecular weight excluding hydrogens is 472 g/mol. The number of aromatic nitrogens is 2. The Morgan fingerprint density at radius 1 is 1.00 bits per heavy atom. The van der Waals surface area contributed by atoms with Crippen LogP contribution >= 0.6 is 11.3 Å². The van der Waals surface area contributed by atoms with Gasteiger partial charge in [0.2, 0.25) is 5.13 Å². The second-order valence-electron chi connectivity index (χ2n) is 7.69. The molecule has 0 saturated heterocycles. The number of carbonyl (C=O) groups is 1. The summed E-state index contributed by atoms with van der Waals surface area (Å²) in [7, 11) is -3.90. The normalized spacial score (nSPS) is 15.3. The molecule has 0 aliphatic carbocycles. The lowest BCUT2D eigenvalue weighted by Crippen LogP contribution is -2.48. The predicted octanol–water partition coefficient (Wildman–Crippen LogP) is 4.11. The number of anilines is 2. The molecule has 2 heterocycles. The molecule has 3 aromatic carbocycles. The molecule has 0 bridgehead atoms. The molecule has 172 valence electrons. The minimum atomic E-state index is -3.90. The molecule has 10 heteroatoms. The summed E-state index contributed by atoms with van der Waals surface area (Å²) in [6.45, 7) is 1.82. The monoisotopic (exact) mass is 492 g/mol. The highest BCUT2D eigenvalue weighted by Gasteiger charge is 2.37. The van der Waals surface area contributed by atoms with Crippen molar-refractivity contribution in [1.29, 1.82) is 0 Å². The van der Waals surface area contributed by atoms with Crippen LogP contribution < -0.4 is 14.4 Å². The van der Waals surface area contributed by atoms with E-state index >= 15 is 0 Å². The third-order valence-electron chi connectivity index (χ3n) is 5.31. The summed E-state index contributed by atoms with van der Waals surface area (Å²) < 4.78 is 33.8. The van der Waals surface area contributed by atoms with Gasteiger partial charge in [0.15, 0.2) is 6.10 Å². The SMILES string of the molecule is Cc1ccc(-c2nnc(NC(=O)C3CN(S(=O)(=O)c4ccccc4)c4ccccc4O3)s2)cc1. The number of rotatable bonds is 5. The molecule has 8 nitrogen and oxygen atoms in total. The number of hydrogen-bond donors (Lipinski definition) is 1. The number of aryl methyl sites for hydroxylation is 1. The number of fused-ring (bicyclic) bond motifs is 1. The fraction of sp³-hybridized carbons (Fsp3) is 0.125. The third-order valence-corrected chi connectivity index (χ3v) is 7.99. The van der Waals surface area contributed by atoms with Crippen LogP contribution in [0, 0.1) is 6.92 Å². The minimum absolute atomic E-state index is 0.137. The van der Waals surface area contributed by atoms with E-state index in [0.29, 0.717) is 21.6 Å². The molecule has 5 rings (SSSR count). The van der Waals surface area contributed by atoms with Crippen LogP contribution in [0.1, 0.15) is 5.56 Å². The number of carbonyl (C=O) groups excluding carboxylic acids is 1. The Morgan fingerprint density at radius 2 is 1.71 bits per heavy atom. The first-order valence-corrected chi connectivity index (χ1v) is 12.7. The molecule has 34 heavy (non-hydrogen) atoms. The average molecular weight is 493 g/mol. The van der Waals surface area contributed by atoms with Crippen LogP contribution in [0.25, 0.3) is 10.6 Å². The van der Waals surface area contributed by atoms with E-state index in [0.717, 1.165) is 11.1 Å². The summed E-state index contributed by atoms with van der Waals surface area (Å²) in [6.07, 6.45) is -1.07. The van der Waals surface area contributed by atoms with Gasteiger partial charge in [-0.2, -0.15) is 0 Å². The maximum atomic E-state index is 13.4. The lowest BCUT2D eigenvalue weighted by atomic mass is 10.2. The maximum absolute atomic E-state index is 13.4. The Bertz CT molecular complexity index is 1440. The van der Waals surface area contributed by atoms with Gasteiger partial charge in [0.1, 0.15) is 10.8 Å². The predicted molar refractivity (Wildman–Crippen MR) is 131 cm³/mol. The van der Waals surface area contributed by atoms with Crippen LogP contribution in [0.3, 0.4) is 0 Å². The van der Waals surface area contributed by atoms with Gasteiger partial charge in [-0.3, -0.25) is 14.4 Å². The highest BCUT2D eigenvalue weighted by Crippen LogP contribution is 2.37. The lowest BCUT2D eigenvalue weighted by molar-refractivity contribution is -0.122. The van der Waals surface area contributed by atoms with E-state index in [4.69, 9.17) is 4.74 Å². The van der Waals surface area contributed by atoms with Crippen molar-refractivity contribution in [3.8, 4) is 16.3 Å². The van der Waals surface area contributed by atoms with Gasteiger partial charge in [-0.1, -0.05) is 71.5 Å². The summed E-state index contributed by atoms with van der Waals surface area (Å²) in [5.74, 6) is -0.194. The minimum Gasteiger partial charge on any atom is -0.476 e. The Morgan fingerprint density at radius 3 is 2.47 bits per heavy atom. The van der Waals surface area contributed by atoms with Crippen LogP contribution in [0.5, 0.6) is 5.75 Å². The van der Waals surface area contributed by atoms with Crippen LogP contribution in [0.4, 0.5) is 10.8 Å². The van der Waals surface area contributed by atoms with E-state index in [1.807, 2.05) is 31.2 Å². The van der Waals surface area contributed by atoms with Crippen LogP contribution in [0.15, 0.2) is 83.8 Å². The highest BCUT2D eigenvalue weighted by molar-refractivity contribution is 7.92. The molecule has 1 aliphatic heterocycles. The van der Waals surface area contributed by atoms with Gasteiger partial charge >= 0.3 is 0 Å². The fourth-order valence-corrected chi connectivity index (χ4v) is 5.81. The van der Waals surface area contributed by atoms with Gasteiger partial charge in [-0.25, -0.2) is 8.42 Å². The van der Waals surface area contributed by atoms with Crippen molar-refractivity contribution >= 4 is 38.1 Å². The first kappa shape index (κ1) is 22.1. The standard InChI is InChI=1S/C24H20N4O4S2/c1-16-11-13-17(14-12-16)23-26-27-24(33-23)25-22(29)21-15-28(19-9-5-6-10-20(19)32-21)34(30,31)18-7-3-2-4-8-18/h2-14,21H,15H2,1H3,(H,25,27,29). The van der Waals surface area contributed by atoms with E-state index in [9.17, 15) is 13.2 Å². The van der Waals surface area contributed by atoms with Crippen molar-refractivity contribution in [2.24, 2.45) is 0 Å². The number of hydrogen-bond acceptors (Lipinski definition) is 7. The molecule has 1 amide bonds. The summed E-state index contributed by atoms with van der Waals surface area (Å²) in [5, 5.41) is 11.9. The second-order valence-corrected chi connectivity index (χ2v) is 10.5. The number of amides is 1. The first-order chi connectivity index (χ1) is 16.4. The largest absolute Gasteiger partial charge is 0.476 e. The number of ether oxygens (including phenoxy) is 1. The molecular formula is C24H20N4O4S2. The zero-order valence-electron chi connectivity index (χ0n) is 18.1. The van der Waals surface area contributed by atoms with Crippen LogP contribution in [-0.2, 0) is 14.8 Å². The second kappa shape index (κ2) is 8.88. The third kappa shape index (κ3) is 4.25. The molecule has 1 unspecified atom stereocenters. The first-order valence-electron chi connectivity index (χ1n) is 10.5. The number of sulfonamides is 1. The van der Waals surface area contributed by atoms with Gasteiger partial charge in [0.05, 0.1) is 17.1 Å². The molecule has 0 spiro atoms. The van der Waals surface area contributed by atoms with Crippen molar-refractivity contribution in [2.45, 2.75) is 17.9 Å². The molecule has 1 aromatic heterocycles. The van der Waals surface area contributed by atoms with Crippen molar-refractivity contribution in [3.63, 3.8) is 0 Å². The Labute approximate surface area is 200 Å². The molecule has 0 radical (unpaired) electrons. The van der Waals surface area contributed by atoms with E-state index in [1.165, 1.54) is 27.8 Å². The number of nitrogens with zero attached hydrogens (tertiary/aromatic N) is 3. The molecule has 4 aromatic rings. The molecule has 1 N–H and O–H groups in total.